The Morgan fingerprint density at radius 2 is 1.89 bits per heavy atom. The normalized spacial score (nSPS) is 29.4. The molecule has 1 atom stereocenters. The molecule has 0 spiro atoms. The summed E-state index contributed by atoms with van der Waals surface area (Å²) < 4.78 is 0. The molecule has 2 N–H and O–H groups in total. The topological polar surface area (TPSA) is 60.8 Å². The third-order valence-corrected chi connectivity index (χ3v) is 3.68. The molecule has 2 heterocycles. The second kappa shape index (κ2) is 3.43. The Hall–Kier alpha value is -1.65. The lowest BCUT2D eigenvalue weighted by atomic mass is 9.95. The van der Waals surface area contributed by atoms with Crippen LogP contribution >= 0.6 is 0 Å². The van der Waals surface area contributed by atoms with Gasteiger partial charge < -0.3 is 15.1 Å². The quantitative estimate of drug-likeness (QED) is 0.718. The van der Waals surface area contributed by atoms with Crippen molar-refractivity contribution in [3.05, 3.63) is 42.0 Å². The molecule has 4 nitrogen and oxygen atoms in total. The number of hydrogen-bond acceptors (Lipinski definition) is 3. The van der Waals surface area contributed by atoms with E-state index in [4.69, 9.17) is 0 Å². The fourth-order valence-electron chi connectivity index (χ4n) is 2.93. The van der Waals surface area contributed by atoms with E-state index in [-0.39, 0.29) is 18.9 Å². The lowest BCUT2D eigenvalue weighted by molar-refractivity contribution is -0.153. The lowest BCUT2D eigenvalue weighted by Gasteiger charge is -2.25. The summed E-state index contributed by atoms with van der Waals surface area (Å²) in [4.78, 5) is 13.9. The van der Waals surface area contributed by atoms with Crippen LogP contribution in [0.5, 0.6) is 0 Å². The highest BCUT2D eigenvalue weighted by Crippen LogP contribution is 2.43. The summed E-state index contributed by atoms with van der Waals surface area (Å²) in [7, 11) is 0. The van der Waals surface area contributed by atoms with Gasteiger partial charge in [-0.3, -0.25) is 4.79 Å². The van der Waals surface area contributed by atoms with Crippen LogP contribution in [-0.4, -0.2) is 38.9 Å². The van der Waals surface area contributed by atoms with Crippen molar-refractivity contribution in [2.75, 3.05) is 6.54 Å². The standard InChI is InChI=1S/C14H15NO3/c1-13-7-11(10-5-3-2-4-6-10)12(16)15(13)9-14(17,18)8-13/h2-7,17-18H,8-9H2,1H3. The molecule has 0 radical (unpaired) electrons. The summed E-state index contributed by atoms with van der Waals surface area (Å²) in [5.74, 6) is -1.91. The SMILES string of the molecule is CC12C=C(c3ccccc3)C(=O)N1CC(O)(O)C2. The molecule has 4 heteroatoms. The van der Waals surface area contributed by atoms with Crippen molar-refractivity contribution in [3.8, 4) is 0 Å². The smallest absolute Gasteiger partial charge is 0.255 e. The van der Waals surface area contributed by atoms with Crippen LogP contribution in [0.1, 0.15) is 18.9 Å². The summed E-state index contributed by atoms with van der Waals surface area (Å²) in [5.41, 5.74) is 0.930. The predicted octanol–water partition coefficient (Wildman–Crippen LogP) is 0.755. The van der Waals surface area contributed by atoms with Crippen molar-refractivity contribution in [1.29, 1.82) is 0 Å². The Morgan fingerprint density at radius 1 is 1.22 bits per heavy atom. The van der Waals surface area contributed by atoms with Gasteiger partial charge in [-0.1, -0.05) is 30.3 Å². The van der Waals surface area contributed by atoms with E-state index in [1.165, 1.54) is 4.90 Å². The van der Waals surface area contributed by atoms with Gasteiger partial charge in [0.1, 0.15) is 0 Å². The number of fused-ring (bicyclic) bond motifs is 1. The third kappa shape index (κ3) is 1.57. The molecule has 0 saturated carbocycles. The molecule has 1 fully saturated rings. The first-order valence-corrected chi connectivity index (χ1v) is 5.96. The van der Waals surface area contributed by atoms with Crippen molar-refractivity contribution in [2.45, 2.75) is 24.7 Å². The summed E-state index contributed by atoms with van der Waals surface area (Å²) in [6, 6.07) is 9.45. The van der Waals surface area contributed by atoms with Crippen molar-refractivity contribution in [3.63, 3.8) is 0 Å². The highest BCUT2D eigenvalue weighted by molar-refractivity contribution is 6.22. The highest BCUT2D eigenvalue weighted by atomic mass is 16.5. The highest BCUT2D eigenvalue weighted by Gasteiger charge is 2.54. The number of carbonyl (C=O) groups is 1. The number of rotatable bonds is 1. The molecule has 1 aromatic carbocycles. The van der Waals surface area contributed by atoms with Gasteiger partial charge in [-0.25, -0.2) is 0 Å². The molecule has 1 unspecified atom stereocenters. The van der Waals surface area contributed by atoms with E-state index in [9.17, 15) is 15.0 Å². The van der Waals surface area contributed by atoms with Crippen LogP contribution in [0.3, 0.4) is 0 Å². The van der Waals surface area contributed by atoms with Crippen LogP contribution in [0, 0.1) is 0 Å². The Kier molecular flexibility index (Phi) is 2.18. The number of benzene rings is 1. The summed E-state index contributed by atoms with van der Waals surface area (Å²) in [5, 5.41) is 19.3. The minimum atomic E-state index is -1.77. The van der Waals surface area contributed by atoms with Gasteiger partial charge in [0.15, 0.2) is 5.79 Å². The maximum absolute atomic E-state index is 12.3. The number of aliphatic hydroxyl groups is 2. The Bertz CT molecular complexity index is 535. The Morgan fingerprint density at radius 3 is 2.50 bits per heavy atom. The van der Waals surface area contributed by atoms with Gasteiger partial charge in [0.2, 0.25) is 0 Å². The molecule has 1 amide bonds. The van der Waals surface area contributed by atoms with E-state index < -0.39 is 11.3 Å². The number of amides is 1. The maximum atomic E-state index is 12.3. The minimum absolute atomic E-state index is 0.0326. The molecule has 2 aliphatic heterocycles. The van der Waals surface area contributed by atoms with E-state index >= 15 is 0 Å². The average Bonchev–Trinajstić information content (AvgIpc) is 2.69. The van der Waals surface area contributed by atoms with E-state index in [2.05, 4.69) is 0 Å². The lowest BCUT2D eigenvalue weighted by Crippen LogP contribution is -2.39. The second-order valence-electron chi connectivity index (χ2n) is 5.33. The molecule has 0 aliphatic carbocycles. The fraction of sp³-hybridized carbons (Fsp3) is 0.357. The van der Waals surface area contributed by atoms with Crippen molar-refractivity contribution in [1.82, 2.24) is 4.90 Å². The summed E-state index contributed by atoms with van der Waals surface area (Å²) in [6.07, 6.45) is 2.00. The van der Waals surface area contributed by atoms with E-state index in [0.717, 1.165) is 5.56 Å². The number of nitrogens with zero attached hydrogens (tertiary/aromatic N) is 1. The zero-order valence-corrected chi connectivity index (χ0v) is 10.1. The van der Waals surface area contributed by atoms with Crippen molar-refractivity contribution in [2.24, 2.45) is 0 Å². The zero-order valence-electron chi connectivity index (χ0n) is 10.1. The first-order chi connectivity index (χ1) is 8.41. The van der Waals surface area contributed by atoms with Gasteiger partial charge in [-0.15, -0.1) is 0 Å². The second-order valence-corrected chi connectivity index (χ2v) is 5.33. The van der Waals surface area contributed by atoms with Crippen LogP contribution in [-0.2, 0) is 4.79 Å². The molecule has 1 saturated heterocycles. The van der Waals surface area contributed by atoms with Gasteiger partial charge in [-0.05, 0) is 18.6 Å². The van der Waals surface area contributed by atoms with E-state index in [0.29, 0.717) is 5.57 Å². The fourth-order valence-corrected chi connectivity index (χ4v) is 2.93. The number of hydrogen-bond donors (Lipinski definition) is 2. The van der Waals surface area contributed by atoms with Crippen molar-refractivity contribution < 1.29 is 15.0 Å². The summed E-state index contributed by atoms with van der Waals surface area (Å²) >= 11 is 0. The summed E-state index contributed by atoms with van der Waals surface area (Å²) in [6.45, 7) is 1.82. The van der Waals surface area contributed by atoms with E-state index in [1.807, 2.05) is 43.3 Å². The number of β-amino-alcohol motifs (C(OH)–C–C–N with tert-alkyl or cyclic N) is 2. The van der Waals surface area contributed by atoms with Gasteiger partial charge in [-0.2, -0.15) is 0 Å². The van der Waals surface area contributed by atoms with Crippen LogP contribution in [0.2, 0.25) is 0 Å². The first kappa shape index (κ1) is 11.4. The van der Waals surface area contributed by atoms with Gasteiger partial charge >= 0.3 is 0 Å². The Balaban J connectivity index is 2.02. The van der Waals surface area contributed by atoms with Gasteiger partial charge in [0, 0.05) is 12.0 Å². The molecule has 18 heavy (non-hydrogen) atoms. The van der Waals surface area contributed by atoms with Crippen LogP contribution in [0.25, 0.3) is 5.57 Å². The first-order valence-electron chi connectivity index (χ1n) is 5.96. The van der Waals surface area contributed by atoms with Crippen LogP contribution in [0.15, 0.2) is 36.4 Å². The molecule has 94 valence electrons. The Labute approximate surface area is 105 Å². The predicted molar refractivity (Wildman–Crippen MR) is 66.3 cm³/mol. The molecule has 0 bridgehead atoms. The molecule has 1 aromatic rings. The minimum Gasteiger partial charge on any atom is -0.364 e. The molecular formula is C14H15NO3. The van der Waals surface area contributed by atoms with E-state index in [1.54, 1.807) is 0 Å². The maximum Gasteiger partial charge on any atom is 0.255 e. The zero-order chi connectivity index (χ0) is 13.0. The third-order valence-electron chi connectivity index (χ3n) is 3.68. The van der Waals surface area contributed by atoms with Crippen LogP contribution < -0.4 is 0 Å². The number of carbonyl (C=O) groups excluding carboxylic acids is 1. The molecular weight excluding hydrogens is 230 g/mol. The molecule has 2 aliphatic rings. The van der Waals surface area contributed by atoms with Crippen molar-refractivity contribution >= 4 is 11.5 Å². The molecule has 3 rings (SSSR count). The van der Waals surface area contributed by atoms with Crippen LogP contribution in [0.4, 0.5) is 0 Å². The van der Waals surface area contributed by atoms with Gasteiger partial charge in [0.25, 0.3) is 5.91 Å². The largest absolute Gasteiger partial charge is 0.364 e. The monoisotopic (exact) mass is 245 g/mol. The van der Waals surface area contributed by atoms with Gasteiger partial charge in [0.05, 0.1) is 12.1 Å². The average molecular weight is 245 g/mol. The molecule has 0 aromatic heterocycles.